The molecule has 2 aromatic heterocycles. The molecule has 0 bridgehead atoms. The number of methoxy groups -OCH3 is 1. The fourth-order valence-corrected chi connectivity index (χ4v) is 4.28. The van der Waals surface area contributed by atoms with Crippen LogP contribution in [0.1, 0.15) is 16.1 Å². The minimum absolute atomic E-state index is 0.535. The number of hydrogen-bond acceptors (Lipinski definition) is 5. The summed E-state index contributed by atoms with van der Waals surface area (Å²) in [6, 6.07) is 15.3. The lowest BCUT2D eigenvalue weighted by Crippen LogP contribution is -1.92. The molecule has 6 heteroatoms. The summed E-state index contributed by atoms with van der Waals surface area (Å²) < 4.78 is 8.19. The Balaban J connectivity index is 2.11. The lowest BCUT2D eigenvalue weighted by atomic mass is 10.0. The number of thiazole rings is 1. The molecule has 1 N–H and O–H groups in total. The van der Waals surface area contributed by atoms with Gasteiger partial charge in [-0.15, -0.1) is 11.3 Å². The van der Waals surface area contributed by atoms with Crippen LogP contribution in [0.15, 0.2) is 53.7 Å². The largest absolute Gasteiger partial charge is 0.497 e. The molecule has 0 aliphatic rings. The summed E-state index contributed by atoms with van der Waals surface area (Å²) in [5.74, 6) is 0.736. The van der Waals surface area contributed by atoms with Crippen molar-refractivity contribution < 1.29 is 14.7 Å². The van der Waals surface area contributed by atoms with Crippen LogP contribution in [0.25, 0.3) is 26.2 Å². The number of para-hydroxylation sites is 1. The van der Waals surface area contributed by atoms with Gasteiger partial charge in [0, 0.05) is 11.1 Å². The van der Waals surface area contributed by atoms with Crippen LogP contribution >= 0.6 is 11.3 Å². The van der Waals surface area contributed by atoms with Crippen LogP contribution in [0, 0.1) is 0 Å². The maximum atomic E-state index is 11.9. The zero-order valence-electron chi connectivity index (χ0n) is 13.3. The lowest BCUT2D eigenvalue weighted by Gasteiger charge is -2.05. The van der Waals surface area contributed by atoms with E-state index in [2.05, 4.69) is 5.16 Å². The van der Waals surface area contributed by atoms with E-state index in [4.69, 9.17) is 9.94 Å². The molecule has 0 saturated carbocycles. The van der Waals surface area contributed by atoms with Gasteiger partial charge in [0.25, 0.3) is 0 Å². The summed E-state index contributed by atoms with van der Waals surface area (Å²) in [6.45, 7) is 0. The zero-order valence-corrected chi connectivity index (χ0v) is 14.2. The number of rotatable bonds is 4. The number of benzene rings is 2. The first-order valence-corrected chi connectivity index (χ1v) is 8.43. The summed E-state index contributed by atoms with van der Waals surface area (Å²) in [5.41, 5.74) is 3.81. The average molecular weight is 350 g/mol. The normalized spacial score (nSPS) is 11.6. The maximum Gasteiger partial charge on any atom is 0.167 e. The highest BCUT2D eigenvalue weighted by Gasteiger charge is 2.22. The van der Waals surface area contributed by atoms with E-state index < -0.39 is 0 Å². The number of carbonyl (C=O) groups excluding carboxylic acids is 1. The van der Waals surface area contributed by atoms with Crippen LogP contribution in [0.3, 0.4) is 0 Å². The van der Waals surface area contributed by atoms with E-state index in [9.17, 15) is 4.79 Å². The lowest BCUT2D eigenvalue weighted by molar-refractivity contribution is 0.111. The smallest absolute Gasteiger partial charge is 0.167 e. The monoisotopic (exact) mass is 350 g/mol. The van der Waals surface area contributed by atoms with Gasteiger partial charge < -0.3 is 9.94 Å². The quantitative estimate of drug-likeness (QED) is 0.256. The Bertz CT molecular complexity index is 1110. The number of aldehydes is 1. The molecule has 0 amide bonds. The Kier molecular flexibility index (Phi) is 3.74. The van der Waals surface area contributed by atoms with Crippen LogP contribution in [0.4, 0.5) is 0 Å². The topological polar surface area (TPSA) is 63.3 Å². The molecular weight excluding hydrogens is 336 g/mol. The van der Waals surface area contributed by atoms with Crippen LogP contribution in [-0.2, 0) is 0 Å². The second-order valence-corrected chi connectivity index (χ2v) is 6.51. The van der Waals surface area contributed by atoms with Crippen molar-refractivity contribution in [3.63, 3.8) is 0 Å². The van der Waals surface area contributed by atoms with Crippen LogP contribution in [-0.4, -0.2) is 29.2 Å². The molecular formula is C19H14N2O3S. The van der Waals surface area contributed by atoms with Crippen molar-refractivity contribution in [1.82, 2.24) is 4.40 Å². The Hall–Kier alpha value is -3.12. The summed E-state index contributed by atoms with van der Waals surface area (Å²) in [7, 11) is 1.61. The van der Waals surface area contributed by atoms with E-state index in [1.165, 1.54) is 6.21 Å². The second kappa shape index (κ2) is 6.07. The Morgan fingerprint density at radius 2 is 1.92 bits per heavy atom. The predicted molar refractivity (Wildman–Crippen MR) is 99.5 cm³/mol. The number of fused-ring (bicyclic) bond motifs is 3. The Morgan fingerprint density at radius 3 is 2.60 bits per heavy atom. The van der Waals surface area contributed by atoms with Crippen molar-refractivity contribution in [3.8, 4) is 16.9 Å². The highest BCUT2D eigenvalue weighted by atomic mass is 32.1. The molecule has 0 aliphatic carbocycles. The maximum absolute atomic E-state index is 11.9. The van der Waals surface area contributed by atoms with Gasteiger partial charge in [-0.3, -0.25) is 9.20 Å². The molecule has 124 valence electrons. The standard InChI is InChI=1S/C19H14N2O3S/c1-24-13-8-6-12(7-9-13)18-14(10-20-23)19-21(16(18)11-22)15-4-2-3-5-17(15)25-19/h2-11,23H,1H3/b20-10+. The van der Waals surface area contributed by atoms with Crippen molar-refractivity contribution in [2.75, 3.05) is 7.11 Å². The van der Waals surface area contributed by atoms with Gasteiger partial charge in [-0.05, 0) is 29.8 Å². The molecule has 0 radical (unpaired) electrons. The fourth-order valence-electron chi connectivity index (χ4n) is 3.11. The summed E-state index contributed by atoms with van der Waals surface area (Å²) in [5, 5.41) is 12.4. The van der Waals surface area contributed by atoms with E-state index in [1.807, 2.05) is 52.9 Å². The number of oxime groups is 1. The first-order valence-electron chi connectivity index (χ1n) is 7.61. The third kappa shape index (κ3) is 2.30. The second-order valence-electron chi connectivity index (χ2n) is 5.48. The highest BCUT2D eigenvalue weighted by Crippen LogP contribution is 2.38. The minimum atomic E-state index is 0.535. The third-order valence-corrected chi connectivity index (χ3v) is 5.35. The van der Waals surface area contributed by atoms with Gasteiger partial charge in [0.15, 0.2) is 6.29 Å². The molecule has 0 aliphatic heterocycles. The SMILES string of the molecule is COc1ccc(-c2c(/C=N/O)c3sc4ccccc4n3c2C=O)cc1. The summed E-state index contributed by atoms with van der Waals surface area (Å²) in [4.78, 5) is 12.8. The van der Waals surface area contributed by atoms with Gasteiger partial charge in [0.1, 0.15) is 10.6 Å². The van der Waals surface area contributed by atoms with Crippen LogP contribution in [0.2, 0.25) is 0 Å². The highest BCUT2D eigenvalue weighted by molar-refractivity contribution is 7.24. The number of nitrogens with zero attached hydrogens (tertiary/aromatic N) is 2. The fraction of sp³-hybridized carbons (Fsp3) is 0.0526. The third-order valence-electron chi connectivity index (χ3n) is 4.19. The van der Waals surface area contributed by atoms with Crippen molar-refractivity contribution >= 4 is 38.9 Å². The molecule has 5 nitrogen and oxygen atoms in total. The van der Waals surface area contributed by atoms with Crippen LogP contribution < -0.4 is 4.74 Å². The number of hydrogen-bond donors (Lipinski definition) is 1. The van der Waals surface area contributed by atoms with E-state index in [0.717, 1.165) is 43.8 Å². The van der Waals surface area contributed by atoms with Gasteiger partial charge >= 0.3 is 0 Å². The van der Waals surface area contributed by atoms with E-state index in [1.54, 1.807) is 18.4 Å². The molecule has 0 saturated heterocycles. The van der Waals surface area contributed by atoms with Crippen molar-refractivity contribution in [3.05, 3.63) is 59.8 Å². The minimum Gasteiger partial charge on any atom is -0.497 e. The molecule has 2 heterocycles. The van der Waals surface area contributed by atoms with Gasteiger partial charge in [0.05, 0.1) is 29.2 Å². The number of aromatic nitrogens is 1. The predicted octanol–water partition coefficient (Wildman–Crippen LogP) is 4.45. The summed E-state index contributed by atoms with van der Waals surface area (Å²) in [6.07, 6.45) is 2.23. The average Bonchev–Trinajstić information content (AvgIpc) is 3.17. The number of carbonyl (C=O) groups is 1. The van der Waals surface area contributed by atoms with Crippen molar-refractivity contribution in [2.45, 2.75) is 0 Å². The summed E-state index contributed by atoms with van der Waals surface area (Å²) >= 11 is 1.56. The molecule has 25 heavy (non-hydrogen) atoms. The molecule has 0 fully saturated rings. The van der Waals surface area contributed by atoms with E-state index in [-0.39, 0.29) is 0 Å². The van der Waals surface area contributed by atoms with Crippen molar-refractivity contribution in [2.24, 2.45) is 5.16 Å². The van der Waals surface area contributed by atoms with Gasteiger partial charge in [-0.2, -0.15) is 0 Å². The van der Waals surface area contributed by atoms with Gasteiger partial charge in [-0.25, -0.2) is 0 Å². The molecule has 4 aromatic rings. The molecule has 0 spiro atoms. The number of ether oxygens (including phenoxy) is 1. The molecule has 2 aromatic carbocycles. The zero-order chi connectivity index (χ0) is 17.4. The van der Waals surface area contributed by atoms with Gasteiger partial charge in [0.2, 0.25) is 0 Å². The molecule has 0 unspecified atom stereocenters. The first kappa shape index (κ1) is 15.4. The molecule has 4 rings (SSSR count). The van der Waals surface area contributed by atoms with E-state index in [0.29, 0.717) is 5.69 Å². The van der Waals surface area contributed by atoms with E-state index >= 15 is 0 Å². The molecule has 0 atom stereocenters. The van der Waals surface area contributed by atoms with Gasteiger partial charge in [-0.1, -0.05) is 29.4 Å². The Labute approximate surface area is 147 Å². The Morgan fingerprint density at radius 1 is 1.16 bits per heavy atom. The van der Waals surface area contributed by atoms with Crippen LogP contribution in [0.5, 0.6) is 5.75 Å². The first-order chi connectivity index (χ1) is 12.3. The van der Waals surface area contributed by atoms with Crippen molar-refractivity contribution in [1.29, 1.82) is 0 Å².